The molecule has 5 rings (SSSR count). The van der Waals surface area contributed by atoms with Gasteiger partial charge in [-0.1, -0.05) is 199 Å². The minimum Gasteiger partial charge on any atom is -0.494 e. The molecule has 0 N–H and O–H groups in total. The molecule has 0 saturated heterocycles. The van der Waals surface area contributed by atoms with Gasteiger partial charge in [-0.25, -0.2) is 9.59 Å². The largest absolute Gasteiger partial charge is 0.494 e. The zero-order chi connectivity index (χ0) is 51.9. The number of azo groups is 1. The summed E-state index contributed by atoms with van der Waals surface area (Å²) in [4.78, 5) is 31.8. The highest BCUT2D eigenvalue weighted by Gasteiger charge is 2.18. The lowest BCUT2D eigenvalue weighted by Crippen LogP contribution is -2.13. The van der Waals surface area contributed by atoms with Crippen LogP contribution in [0.25, 0.3) is 0 Å². The molecule has 5 aromatic rings. The maximum atomic E-state index is 13.6. The lowest BCUT2D eigenvalue weighted by Gasteiger charge is -2.12. The van der Waals surface area contributed by atoms with Crippen LogP contribution in [0.4, 0.5) is 17.1 Å². The summed E-state index contributed by atoms with van der Waals surface area (Å²) in [6.45, 7) is 5.81. The molecule has 0 saturated carbocycles. The Morgan fingerprint density at radius 3 is 1.16 bits per heavy atom. The summed E-state index contributed by atoms with van der Waals surface area (Å²) >= 11 is 0. The highest BCUT2D eigenvalue weighted by atomic mass is 16.6. The first kappa shape index (κ1) is 58.8. The molecule has 398 valence electrons. The second-order valence-electron chi connectivity index (χ2n) is 19.7. The number of unbranched alkanes of at least 4 members (excludes halogenated alkanes) is 26. The molecule has 9 nitrogen and oxygen atoms in total. The van der Waals surface area contributed by atoms with E-state index in [4.69, 9.17) is 18.9 Å². The molecule has 0 heterocycles. The van der Waals surface area contributed by atoms with E-state index in [1.54, 1.807) is 72.9 Å². The van der Waals surface area contributed by atoms with Gasteiger partial charge in [0, 0.05) is 6.21 Å². The van der Waals surface area contributed by atoms with Crippen LogP contribution >= 0.6 is 0 Å². The van der Waals surface area contributed by atoms with Crippen LogP contribution in [0, 0.1) is 0 Å². The number of rotatable bonds is 40. The number of hydrogen-bond acceptors (Lipinski definition) is 9. The Labute approximate surface area is 445 Å². The van der Waals surface area contributed by atoms with Crippen molar-refractivity contribution in [2.45, 2.75) is 194 Å². The van der Waals surface area contributed by atoms with Crippen LogP contribution in [0.1, 0.15) is 220 Å². The van der Waals surface area contributed by atoms with Gasteiger partial charge in [-0.3, -0.25) is 4.99 Å². The van der Waals surface area contributed by atoms with Crippen molar-refractivity contribution in [1.29, 1.82) is 0 Å². The summed E-state index contributed by atoms with van der Waals surface area (Å²) in [5, 5.41) is 8.60. The van der Waals surface area contributed by atoms with Gasteiger partial charge in [0.15, 0.2) is 11.5 Å². The number of ether oxygens (including phenoxy) is 4. The van der Waals surface area contributed by atoms with Crippen LogP contribution in [0.3, 0.4) is 0 Å². The van der Waals surface area contributed by atoms with Gasteiger partial charge in [-0.05, 0) is 122 Å². The number of benzene rings is 5. The molecule has 5 aromatic carbocycles. The van der Waals surface area contributed by atoms with Crippen LogP contribution in [0.5, 0.6) is 23.0 Å². The molecular weight excluding hydrogens is 919 g/mol. The van der Waals surface area contributed by atoms with Gasteiger partial charge >= 0.3 is 11.9 Å². The lowest BCUT2D eigenvalue weighted by atomic mass is 10.0. The van der Waals surface area contributed by atoms with Crippen molar-refractivity contribution < 1.29 is 28.5 Å². The molecule has 0 aliphatic carbocycles. The lowest BCUT2D eigenvalue weighted by molar-refractivity contribution is 0.0682. The third-order valence-electron chi connectivity index (χ3n) is 13.3. The van der Waals surface area contributed by atoms with E-state index in [2.05, 4.69) is 29.1 Å². The van der Waals surface area contributed by atoms with Gasteiger partial charge in [0.25, 0.3) is 0 Å². The van der Waals surface area contributed by atoms with Crippen molar-refractivity contribution >= 4 is 35.2 Å². The van der Waals surface area contributed by atoms with Crippen molar-refractivity contribution in [3.8, 4) is 23.0 Å². The summed E-state index contributed by atoms with van der Waals surface area (Å²) < 4.78 is 23.8. The number of nitrogens with zero attached hydrogens (tertiary/aromatic N) is 3. The van der Waals surface area contributed by atoms with Gasteiger partial charge < -0.3 is 18.9 Å². The molecule has 0 radical (unpaired) electrons. The van der Waals surface area contributed by atoms with E-state index in [0.29, 0.717) is 52.8 Å². The zero-order valence-corrected chi connectivity index (χ0v) is 45.1. The molecule has 0 aromatic heterocycles. The van der Waals surface area contributed by atoms with Crippen LogP contribution in [0.15, 0.2) is 137 Å². The molecule has 0 fully saturated rings. The first-order chi connectivity index (χ1) is 36.5. The van der Waals surface area contributed by atoms with E-state index in [0.717, 1.165) is 31.4 Å². The quantitative estimate of drug-likeness (QED) is 0.0127. The van der Waals surface area contributed by atoms with E-state index in [-0.39, 0.29) is 11.5 Å². The van der Waals surface area contributed by atoms with Crippen LogP contribution in [-0.4, -0.2) is 31.4 Å². The Morgan fingerprint density at radius 1 is 0.378 bits per heavy atom. The number of carbonyl (C=O) groups is 2. The first-order valence-corrected chi connectivity index (χ1v) is 28.7. The maximum Gasteiger partial charge on any atom is 0.343 e. The molecule has 0 unspecified atom stereocenters. The van der Waals surface area contributed by atoms with Crippen LogP contribution in [0.2, 0.25) is 0 Å². The molecule has 0 aliphatic rings. The van der Waals surface area contributed by atoms with Crippen molar-refractivity contribution in [1.82, 2.24) is 0 Å². The Balaban J connectivity index is 1.08. The van der Waals surface area contributed by atoms with E-state index < -0.39 is 11.9 Å². The van der Waals surface area contributed by atoms with E-state index in [1.807, 2.05) is 54.6 Å². The first-order valence-electron chi connectivity index (χ1n) is 28.7. The monoisotopic (exact) mass is 1010 g/mol. The van der Waals surface area contributed by atoms with Gasteiger partial charge in [-0.2, -0.15) is 10.2 Å². The minimum atomic E-state index is -0.601. The molecular formula is C65H87N3O6. The van der Waals surface area contributed by atoms with Crippen molar-refractivity contribution in [3.63, 3.8) is 0 Å². The Kier molecular flexibility index (Phi) is 29.9. The Morgan fingerprint density at radius 2 is 0.743 bits per heavy atom. The SMILES string of the molecule is CCCCCCCCCCCCCCCCOc1ccc(C(=O)Oc2ccc(C=Nc3ccc(N=Nc4ccccc4)cc3)cc2OC(=O)c2ccc(OCCCCCCCCCCCCCCCC)cc2)cc1. The standard InChI is InChI=1S/C65H87N3O6/c1-3-5-7-9-11-13-15-17-19-21-23-25-27-32-50-71-60-45-37-55(38-46-60)64(69)73-62-49-36-54(53-66-57-41-43-59(44-42-57)68-67-58-34-30-29-31-35-58)52-63(62)74-65(70)56-39-47-61(48-40-56)72-51-33-28-26-24-22-20-18-16-14-12-10-8-6-4-2/h29-31,34-49,52-53H,3-28,32-33,50-51H2,1-2H3. The third-order valence-corrected chi connectivity index (χ3v) is 13.3. The normalized spacial score (nSPS) is 11.4. The van der Waals surface area contributed by atoms with Crippen molar-refractivity contribution in [3.05, 3.63) is 138 Å². The summed E-state index contributed by atoms with van der Waals surface area (Å²) in [5.41, 5.74) is 3.46. The number of hydrogen-bond donors (Lipinski definition) is 0. The molecule has 0 atom stereocenters. The Bertz CT molecular complexity index is 2310. The average molecular weight is 1010 g/mol. The minimum absolute atomic E-state index is 0.0789. The molecule has 74 heavy (non-hydrogen) atoms. The molecule has 0 spiro atoms. The topological polar surface area (TPSA) is 108 Å². The highest BCUT2D eigenvalue weighted by molar-refractivity contribution is 5.94. The summed E-state index contributed by atoms with van der Waals surface area (Å²) in [6.07, 6.45) is 38.3. The fourth-order valence-electron chi connectivity index (χ4n) is 8.80. The zero-order valence-electron chi connectivity index (χ0n) is 45.1. The smallest absolute Gasteiger partial charge is 0.343 e. The number of esters is 2. The summed E-state index contributed by atoms with van der Waals surface area (Å²) in [5.74, 6) is 0.382. The fraction of sp³-hybridized carbons (Fsp3) is 0.492. The molecule has 0 amide bonds. The Hall–Kier alpha value is -6.09. The molecule has 0 aliphatic heterocycles. The van der Waals surface area contributed by atoms with Gasteiger partial charge in [0.1, 0.15) is 11.5 Å². The summed E-state index contributed by atoms with van der Waals surface area (Å²) in [7, 11) is 0. The van der Waals surface area contributed by atoms with Crippen LogP contribution in [-0.2, 0) is 0 Å². The third kappa shape index (κ3) is 25.2. The van der Waals surface area contributed by atoms with Gasteiger partial charge in [0.05, 0.1) is 41.4 Å². The second-order valence-corrected chi connectivity index (χ2v) is 19.7. The fourth-order valence-corrected chi connectivity index (χ4v) is 8.80. The summed E-state index contributed by atoms with van der Waals surface area (Å²) in [6, 6.07) is 35.8. The molecule has 9 heteroatoms. The average Bonchev–Trinajstić information content (AvgIpc) is 3.43. The van der Waals surface area contributed by atoms with Gasteiger partial charge in [-0.15, -0.1) is 0 Å². The number of aliphatic imine (C=N–C) groups is 1. The predicted molar refractivity (Wildman–Crippen MR) is 305 cm³/mol. The van der Waals surface area contributed by atoms with Crippen molar-refractivity contribution in [2.75, 3.05) is 13.2 Å². The predicted octanol–water partition coefficient (Wildman–Crippen LogP) is 20.0. The van der Waals surface area contributed by atoms with Crippen molar-refractivity contribution in [2.24, 2.45) is 15.2 Å². The highest BCUT2D eigenvalue weighted by Crippen LogP contribution is 2.31. The molecule has 0 bridgehead atoms. The maximum absolute atomic E-state index is 13.6. The van der Waals surface area contributed by atoms with E-state index in [9.17, 15) is 9.59 Å². The number of carbonyl (C=O) groups excluding carboxylic acids is 2. The second kappa shape index (κ2) is 37.6. The van der Waals surface area contributed by atoms with E-state index in [1.165, 1.54) is 154 Å². The van der Waals surface area contributed by atoms with Gasteiger partial charge in [0.2, 0.25) is 0 Å². The van der Waals surface area contributed by atoms with E-state index >= 15 is 0 Å². The van der Waals surface area contributed by atoms with Crippen LogP contribution < -0.4 is 18.9 Å².